The third-order valence-electron chi connectivity index (χ3n) is 5.13. The molecule has 5 nitrogen and oxygen atoms in total. The highest BCUT2D eigenvalue weighted by Crippen LogP contribution is 2.58. The summed E-state index contributed by atoms with van der Waals surface area (Å²) in [5.41, 5.74) is 1.43. The van der Waals surface area contributed by atoms with Crippen molar-refractivity contribution < 1.29 is 14.0 Å². The Balaban J connectivity index is 1.68. The van der Waals surface area contributed by atoms with Gasteiger partial charge in [0, 0.05) is 31.7 Å². The Kier molecular flexibility index (Phi) is 4.91. The van der Waals surface area contributed by atoms with Crippen LogP contribution in [-0.4, -0.2) is 37.0 Å². The SMILES string of the molecule is CN(C)C(=O)c1cc(NC(=O)N[C@@H]2[C@@H](c3ccccc3)C2(C)C)ccc1F. The van der Waals surface area contributed by atoms with Crippen molar-refractivity contribution in [2.24, 2.45) is 5.41 Å². The molecule has 27 heavy (non-hydrogen) atoms. The quantitative estimate of drug-likeness (QED) is 0.860. The number of hydrogen-bond acceptors (Lipinski definition) is 2. The summed E-state index contributed by atoms with van der Waals surface area (Å²) in [7, 11) is 3.10. The molecule has 2 aromatic rings. The summed E-state index contributed by atoms with van der Waals surface area (Å²) >= 11 is 0. The van der Waals surface area contributed by atoms with Crippen LogP contribution in [0.1, 0.15) is 35.7 Å². The van der Waals surface area contributed by atoms with Crippen LogP contribution >= 0.6 is 0 Å². The second-order valence-electron chi connectivity index (χ2n) is 7.68. The minimum Gasteiger partial charge on any atom is -0.345 e. The highest BCUT2D eigenvalue weighted by molar-refractivity contribution is 5.97. The lowest BCUT2D eigenvalue weighted by Gasteiger charge is -2.13. The fourth-order valence-corrected chi connectivity index (χ4v) is 3.51. The van der Waals surface area contributed by atoms with Gasteiger partial charge in [0.1, 0.15) is 5.82 Å². The van der Waals surface area contributed by atoms with Crippen molar-refractivity contribution in [3.63, 3.8) is 0 Å². The van der Waals surface area contributed by atoms with Crippen molar-refractivity contribution in [3.8, 4) is 0 Å². The molecule has 0 radical (unpaired) electrons. The van der Waals surface area contributed by atoms with E-state index in [2.05, 4.69) is 36.6 Å². The summed E-state index contributed by atoms with van der Waals surface area (Å²) in [4.78, 5) is 25.7. The van der Waals surface area contributed by atoms with Crippen molar-refractivity contribution in [3.05, 3.63) is 65.5 Å². The molecule has 3 rings (SSSR count). The molecule has 0 spiro atoms. The topological polar surface area (TPSA) is 61.4 Å². The molecule has 142 valence electrons. The molecule has 0 heterocycles. The second kappa shape index (κ2) is 7.02. The molecule has 0 unspecified atom stereocenters. The Labute approximate surface area is 158 Å². The minimum atomic E-state index is -0.618. The van der Waals surface area contributed by atoms with E-state index >= 15 is 0 Å². The highest BCUT2D eigenvalue weighted by atomic mass is 19.1. The van der Waals surface area contributed by atoms with Crippen LogP contribution in [0.25, 0.3) is 0 Å². The zero-order valence-corrected chi connectivity index (χ0v) is 15.9. The van der Waals surface area contributed by atoms with E-state index in [9.17, 15) is 14.0 Å². The Morgan fingerprint density at radius 2 is 1.74 bits per heavy atom. The van der Waals surface area contributed by atoms with Crippen LogP contribution < -0.4 is 10.6 Å². The van der Waals surface area contributed by atoms with Crippen LogP contribution in [0, 0.1) is 11.2 Å². The van der Waals surface area contributed by atoms with Crippen LogP contribution in [0.3, 0.4) is 0 Å². The number of anilines is 1. The van der Waals surface area contributed by atoms with E-state index < -0.39 is 11.7 Å². The van der Waals surface area contributed by atoms with Gasteiger partial charge in [-0.25, -0.2) is 9.18 Å². The molecule has 3 amide bonds. The van der Waals surface area contributed by atoms with Gasteiger partial charge in [0.2, 0.25) is 0 Å². The first kappa shape index (κ1) is 18.9. The van der Waals surface area contributed by atoms with Crippen LogP contribution in [0.15, 0.2) is 48.5 Å². The van der Waals surface area contributed by atoms with Gasteiger partial charge in [-0.1, -0.05) is 44.2 Å². The van der Waals surface area contributed by atoms with Crippen molar-refractivity contribution in [2.45, 2.75) is 25.8 Å². The highest BCUT2D eigenvalue weighted by Gasteiger charge is 2.59. The molecule has 1 aliphatic rings. The van der Waals surface area contributed by atoms with E-state index in [1.165, 1.54) is 28.7 Å². The first-order valence-corrected chi connectivity index (χ1v) is 8.85. The molecule has 0 aliphatic heterocycles. The third-order valence-corrected chi connectivity index (χ3v) is 5.13. The number of benzene rings is 2. The fourth-order valence-electron chi connectivity index (χ4n) is 3.51. The summed E-state index contributed by atoms with van der Waals surface area (Å²) in [5, 5.41) is 5.69. The first-order valence-electron chi connectivity index (χ1n) is 8.85. The molecule has 2 atom stereocenters. The number of amides is 3. The van der Waals surface area contributed by atoms with Crippen LogP contribution in [0.5, 0.6) is 0 Å². The van der Waals surface area contributed by atoms with Gasteiger partial charge in [0.15, 0.2) is 0 Å². The van der Waals surface area contributed by atoms with Gasteiger partial charge < -0.3 is 15.5 Å². The average molecular weight is 369 g/mol. The Hall–Kier alpha value is -2.89. The molecule has 2 aromatic carbocycles. The normalized spacial score (nSPS) is 19.9. The van der Waals surface area contributed by atoms with Gasteiger partial charge in [-0.15, -0.1) is 0 Å². The van der Waals surface area contributed by atoms with E-state index in [1.54, 1.807) is 14.1 Å². The lowest BCUT2D eigenvalue weighted by atomic mass is 10.0. The summed E-state index contributed by atoms with van der Waals surface area (Å²) in [6.07, 6.45) is 0. The van der Waals surface area contributed by atoms with E-state index in [1.807, 2.05) is 18.2 Å². The van der Waals surface area contributed by atoms with Gasteiger partial charge >= 0.3 is 6.03 Å². The summed E-state index contributed by atoms with van der Waals surface area (Å²) < 4.78 is 13.9. The third kappa shape index (κ3) is 3.79. The Bertz CT molecular complexity index is 865. The Morgan fingerprint density at radius 3 is 2.37 bits per heavy atom. The standard InChI is InChI=1S/C21H24FN3O2/c1-21(2)17(13-8-6-5-7-9-13)18(21)24-20(27)23-14-10-11-16(22)15(12-14)19(26)25(3)4/h5-12,17-18H,1-4H3,(H2,23,24,27)/t17-,18-/m1/s1. The summed E-state index contributed by atoms with van der Waals surface area (Å²) in [5.74, 6) is -0.834. The lowest BCUT2D eigenvalue weighted by Crippen LogP contribution is -2.33. The van der Waals surface area contributed by atoms with Gasteiger partial charge in [-0.05, 0) is 29.2 Å². The number of carbonyl (C=O) groups excluding carboxylic acids is 2. The van der Waals surface area contributed by atoms with Crippen molar-refractivity contribution in [1.82, 2.24) is 10.2 Å². The maximum absolute atomic E-state index is 13.9. The molecule has 1 fully saturated rings. The molecule has 1 aliphatic carbocycles. The Morgan fingerprint density at radius 1 is 1.07 bits per heavy atom. The monoisotopic (exact) mass is 369 g/mol. The second-order valence-corrected chi connectivity index (χ2v) is 7.68. The number of nitrogens with one attached hydrogen (secondary N) is 2. The number of nitrogens with zero attached hydrogens (tertiary/aromatic N) is 1. The van der Waals surface area contributed by atoms with Gasteiger partial charge in [-0.2, -0.15) is 0 Å². The van der Waals surface area contributed by atoms with E-state index in [0.717, 1.165) is 0 Å². The molecule has 0 saturated heterocycles. The van der Waals surface area contributed by atoms with Crippen LogP contribution in [0.2, 0.25) is 0 Å². The molecule has 0 aromatic heterocycles. The minimum absolute atomic E-state index is 0.00299. The summed E-state index contributed by atoms with van der Waals surface area (Å²) in [6.45, 7) is 4.22. The van der Waals surface area contributed by atoms with E-state index in [4.69, 9.17) is 0 Å². The van der Waals surface area contributed by atoms with E-state index in [-0.39, 0.29) is 29.0 Å². The smallest absolute Gasteiger partial charge is 0.319 e. The van der Waals surface area contributed by atoms with Gasteiger partial charge in [0.25, 0.3) is 5.91 Å². The number of rotatable bonds is 4. The van der Waals surface area contributed by atoms with Gasteiger partial charge in [0.05, 0.1) is 5.56 Å². The number of urea groups is 1. The van der Waals surface area contributed by atoms with Crippen molar-refractivity contribution >= 4 is 17.6 Å². The number of carbonyl (C=O) groups is 2. The maximum Gasteiger partial charge on any atom is 0.319 e. The van der Waals surface area contributed by atoms with Gasteiger partial charge in [-0.3, -0.25) is 4.79 Å². The average Bonchev–Trinajstić information content (AvgIpc) is 3.16. The van der Waals surface area contributed by atoms with Crippen LogP contribution in [0.4, 0.5) is 14.9 Å². The zero-order chi connectivity index (χ0) is 19.8. The number of halogens is 1. The summed E-state index contributed by atoms with van der Waals surface area (Å²) in [6, 6.07) is 13.7. The largest absolute Gasteiger partial charge is 0.345 e. The molecule has 6 heteroatoms. The van der Waals surface area contributed by atoms with Crippen molar-refractivity contribution in [1.29, 1.82) is 0 Å². The molecule has 1 saturated carbocycles. The molecular formula is C21H24FN3O2. The van der Waals surface area contributed by atoms with Crippen molar-refractivity contribution in [2.75, 3.05) is 19.4 Å². The molecule has 2 N–H and O–H groups in total. The lowest BCUT2D eigenvalue weighted by molar-refractivity contribution is 0.0823. The number of hydrogen-bond donors (Lipinski definition) is 2. The van der Waals surface area contributed by atoms with Crippen LogP contribution in [-0.2, 0) is 0 Å². The molecular weight excluding hydrogens is 345 g/mol. The zero-order valence-electron chi connectivity index (χ0n) is 15.9. The van der Waals surface area contributed by atoms with E-state index in [0.29, 0.717) is 5.69 Å². The predicted molar refractivity (Wildman–Crippen MR) is 103 cm³/mol. The first-order chi connectivity index (χ1) is 12.7. The molecule has 0 bridgehead atoms. The predicted octanol–water partition coefficient (Wildman–Crippen LogP) is 3.84. The fraction of sp³-hybridized carbons (Fsp3) is 0.333. The maximum atomic E-state index is 13.9.